The van der Waals surface area contributed by atoms with Crippen LogP contribution in [0.3, 0.4) is 0 Å². The molecule has 2 heterocycles. The molecular formula is C24H26ClNO2S. The lowest BCUT2D eigenvalue weighted by atomic mass is 9.83. The van der Waals surface area contributed by atoms with Gasteiger partial charge in [-0.1, -0.05) is 37.1 Å². The Morgan fingerprint density at radius 2 is 2.10 bits per heavy atom. The van der Waals surface area contributed by atoms with E-state index in [1.54, 1.807) is 0 Å². The third-order valence-electron chi connectivity index (χ3n) is 5.86. The van der Waals surface area contributed by atoms with Gasteiger partial charge in [0.25, 0.3) is 0 Å². The molecule has 0 N–H and O–H groups in total. The summed E-state index contributed by atoms with van der Waals surface area (Å²) in [5, 5.41) is 1.92. The number of methoxy groups -OCH3 is 1. The average Bonchev–Trinajstić information content (AvgIpc) is 3.08. The van der Waals surface area contributed by atoms with Gasteiger partial charge in [-0.2, -0.15) is 0 Å². The SMILES string of the molecule is CCCC(C(=O)OC)c1c(C)nc2sc3c(c2c1-c1cccc(Cl)c1)CCCC3. The number of hydrogen-bond donors (Lipinski definition) is 0. The molecule has 0 fully saturated rings. The lowest BCUT2D eigenvalue weighted by Gasteiger charge is -2.22. The fraction of sp³-hybridized carbons (Fsp3) is 0.417. The van der Waals surface area contributed by atoms with Crippen LogP contribution in [0, 0.1) is 6.92 Å². The highest BCUT2D eigenvalue weighted by atomic mass is 35.5. The van der Waals surface area contributed by atoms with Gasteiger partial charge in [0.15, 0.2) is 0 Å². The summed E-state index contributed by atoms with van der Waals surface area (Å²) in [5.41, 5.74) is 5.51. The summed E-state index contributed by atoms with van der Waals surface area (Å²) in [7, 11) is 1.47. The van der Waals surface area contributed by atoms with Crippen LogP contribution in [0.2, 0.25) is 5.02 Å². The first-order valence-electron chi connectivity index (χ1n) is 10.3. The summed E-state index contributed by atoms with van der Waals surface area (Å²) in [6.07, 6.45) is 6.26. The third-order valence-corrected chi connectivity index (χ3v) is 7.28. The molecule has 0 amide bonds. The number of nitrogens with zero attached hydrogens (tertiary/aromatic N) is 1. The molecule has 0 radical (unpaired) electrons. The number of carbonyl (C=O) groups excluding carboxylic acids is 1. The van der Waals surface area contributed by atoms with Gasteiger partial charge in [-0.25, -0.2) is 4.98 Å². The Labute approximate surface area is 181 Å². The third kappa shape index (κ3) is 3.69. The van der Waals surface area contributed by atoms with Crippen molar-refractivity contribution in [3.63, 3.8) is 0 Å². The quantitative estimate of drug-likeness (QED) is 0.417. The molecule has 5 heteroatoms. The summed E-state index contributed by atoms with van der Waals surface area (Å²) in [5.74, 6) is -0.515. The van der Waals surface area contributed by atoms with E-state index in [-0.39, 0.29) is 11.9 Å². The van der Waals surface area contributed by atoms with Gasteiger partial charge in [-0.15, -0.1) is 11.3 Å². The Morgan fingerprint density at radius 3 is 2.83 bits per heavy atom. The summed E-state index contributed by atoms with van der Waals surface area (Å²) in [6.45, 7) is 4.12. The molecule has 1 atom stereocenters. The van der Waals surface area contributed by atoms with Crippen molar-refractivity contribution in [2.75, 3.05) is 7.11 Å². The van der Waals surface area contributed by atoms with Crippen LogP contribution in [-0.2, 0) is 22.4 Å². The number of ether oxygens (including phenoxy) is 1. The van der Waals surface area contributed by atoms with E-state index < -0.39 is 0 Å². The van der Waals surface area contributed by atoms with E-state index in [0.29, 0.717) is 5.02 Å². The monoisotopic (exact) mass is 427 g/mol. The van der Waals surface area contributed by atoms with Gasteiger partial charge in [-0.3, -0.25) is 4.79 Å². The van der Waals surface area contributed by atoms with Crippen LogP contribution in [0.4, 0.5) is 0 Å². The maximum absolute atomic E-state index is 12.8. The maximum Gasteiger partial charge on any atom is 0.313 e. The van der Waals surface area contributed by atoms with E-state index in [1.165, 1.54) is 35.8 Å². The first kappa shape index (κ1) is 20.4. The van der Waals surface area contributed by atoms with Crippen molar-refractivity contribution >= 4 is 39.1 Å². The van der Waals surface area contributed by atoms with Crippen molar-refractivity contribution in [3.8, 4) is 11.1 Å². The van der Waals surface area contributed by atoms with Gasteiger partial charge in [0.1, 0.15) is 4.83 Å². The Kier molecular flexibility index (Phi) is 5.93. The summed E-state index contributed by atoms with van der Waals surface area (Å²) >= 11 is 8.20. The molecule has 1 unspecified atom stereocenters. The number of hydrogen-bond acceptors (Lipinski definition) is 4. The van der Waals surface area contributed by atoms with Crippen LogP contribution < -0.4 is 0 Å². The van der Waals surface area contributed by atoms with Crippen molar-refractivity contribution in [3.05, 3.63) is 51.0 Å². The molecule has 3 nitrogen and oxygen atoms in total. The van der Waals surface area contributed by atoms with Gasteiger partial charge in [0, 0.05) is 21.0 Å². The lowest BCUT2D eigenvalue weighted by molar-refractivity contribution is -0.142. The molecule has 1 aliphatic rings. The molecule has 29 heavy (non-hydrogen) atoms. The number of benzene rings is 1. The van der Waals surface area contributed by atoms with Crippen LogP contribution >= 0.6 is 22.9 Å². The van der Waals surface area contributed by atoms with Crippen LogP contribution in [0.1, 0.15) is 60.2 Å². The van der Waals surface area contributed by atoms with E-state index in [0.717, 1.165) is 52.9 Å². The highest BCUT2D eigenvalue weighted by Crippen LogP contribution is 2.46. The highest BCUT2D eigenvalue weighted by molar-refractivity contribution is 7.19. The first-order valence-corrected chi connectivity index (χ1v) is 11.5. The minimum Gasteiger partial charge on any atom is -0.469 e. The van der Waals surface area contributed by atoms with Crippen LogP contribution in [0.25, 0.3) is 21.3 Å². The molecule has 0 saturated carbocycles. The Bertz CT molecular complexity index is 1070. The fourth-order valence-electron chi connectivity index (χ4n) is 4.60. The fourth-order valence-corrected chi connectivity index (χ4v) is 6.10. The second-order valence-corrected chi connectivity index (χ2v) is 9.27. The van der Waals surface area contributed by atoms with E-state index >= 15 is 0 Å². The number of esters is 1. The van der Waals surface area contributed by atoms with Crippen LogP contribution in [0.5, 0.6) is 0 Å². The van der Waals surface area contributed by atoms with Crippen LogP contribution in [-0.4, -0.2) is 18.1 Å². The average molecular weight is 428 g/mol. The van der Waals surface area contributed by atoms with Crippen molar-refractivity contribution < 1.29 is 9.53 Å². The standard InChI is InChI=1S/C24H26ClNO2S/c1-4-8-18(24(27)28-3)20-14(2)26-23-22(17-11-5-6-12-19(17)29-23)21(20)15-9-7-10-16(25)13-15/h7,9-10,13,18H,4-6,8,11-12H2,1-3H3. The van der Waals surface area contributed by atoms with Crippen molar-refractivity contribution in [2.24, 2.45) is 0 Å². The van der Waals surface area contributed by atoms with Gasteiger partial charge in [-0.05, 0) is 73.4 Å². The first-order chi connectivity index (χ1) is 14.0. The van der Waals surface area contributed by atoms with Gasteiger partial charge < -0.3 is 4.74 Å². The number of fused-ring (bicyclic) bond motifs is 3. The van der Waals surface area contributed by atoms with Crippen molar-refractivity contribution in [1.29, 1.82) is 0 Å². The van der Waals surface area contributed by atoms with E-state index in [4.69, 9.17) is 21.3 Å². The number of aromatic nitrogens is 1. The minimum absolute atomic E-state index is 0.191. The Morgan fingerprint density at radius 1 is 1.31 bits per heavy atom. The maximum atomic E-state index is 12.8. The van der Waals surface area contributed by atoms with E-state index in [1.807, 2.05) is 36.5 Å². The molecule has 3 aromatic rings. The second kappa shape index (κ2) is 8.45. The van der Waals surface area contributed by atoms with Gasteiger partial charge >= 0.3 is 5.97 Å². The van der Waals surface area contributed by atoms with Crippen molar-refractivity contribution in [1.82, 2.24) is 4.98 Å². The molecule has 0 bridgehead atoms. The van der Waals surface area contributed by atoms with E-state index in [2.05, 4.69) is 13.0 Å². The minimum atomic E-state index is -0.324. The number of thiophene rings is 1. The molecule has 4 rings (SSSR count). The lowest BCUT2D eigenvalue weighted by Crippen LogP contribution is -2.17. The van der Waals surface area contributed by atoms with Crippen LogP contribution in [0.15, 0.2) is 24.3 Å². The summed E-state index contributed by atoms with van der Waals surface area (Å²) in [6, 6.07) is 7.97. The molecule has 1 aromatic carbocycles. The summed E-state index contributed by atoms with van der Waals surface area (Å²) in [4.78, 5) is 20.3. The Balaban J connectivity index is 2.10. The largest absolute Gasteiger partial charge is 0.469 e. The molecule has 0 saturated heterocycles. The van der Waals surface area contributed by atoms with Gasteiger partial charge in [0.05, 0.1) is 13.0 Å². The zero-order valence-corrected chi connectivity index (χ0v) is 18.8. The number of halogens is 1. The zero-order chi connectivity index (χ0) is 20.5. The second-order valence-electron chi connectivity index (χ2n) is 7.75. The molecular weight excluding hydrogens is 402 g/mol. The number of pyridine rings is 1. The predicted molar refractivity (Wildman–Crippen MR) is 121 cm³/mol. The number of aryl methyl sites for hydroxylation is 3. The molecule has 1 aliphatic carbocycles. The van der Waals surface area contributed by atoms with E-state index in [9.17, 15) is 4.79 Å². The van der Waals surface area contributed by atoms with Gasteiger partial charge in [0.2, 0.25) is 0 Å². The highest BCUT2D eigenvalue weighted by Gasteiger charge is 2.30. The number of carbonyl (C=O) groups is 1. The zero-order valence-electron chi connectivity index (χ0n) is 17.2. The summed E-state index contributed by atoms with van der Waals surface area (Å²) < 4.78 is 5.20. The topological polar surface area (TPSA) is 39.2 Å². The molecule has 0 spiro atoms. The van der Waals surface area contributed by atoms with Crippen molar-refractivity contribution in [2.45, 2.75) is 58.3 Å². The predicted octanol–water partition coefficient (Wildman–Crippen LogP) is 6.86. The molecule has 2 aromatic heterocycles. The molecule has 152 valence electrons. The smallest absolute Gasteiger partial charge is 0.313 e. The Hall–Kier alpha value is -1.91. The molecule has 0 aliphatic heterocycles. The number of rotatable bonds is 5. The normalized spacial score (nSPS) is 14.6.